The second-order valence-electron chi connectivity index (χ2n) is 4.22. The third-order valence-corrected chi connectivity index (χ3v) is 5.62. The van der Waals surface area contributed by atoms with E-state index in [0.717, 1.165) is 10.6 Å². The zero-order valence-electron chi connectivity index (χ0n) is 11.0. The van der Waals surface area contributed by atoms with Crippen molar-refractivity contribution in [2.24, 2.45) is 5.73 Å². The van der Waals surface area contributed by atoms with E-state index < -0.39 is 10.0 Å². The minimum atomic E-state index is -3.68. The molecule has 1 aromatic carbocycles. The SMILES string of the molecule is Cc1nc(NS(=O)(=O)c2ccc(Cl)c(CN)c2)sc1C. The van der Waals surface area contributed by atoms with Crippen molar-refractivity contribution < 1.29 is 8.42 Å². The summed E-state index contributed by atoms with van der Waals surface area (Å²) in [4.78, 5) is 5.25. The van der Waals surface area contributed by atoms with E-state index in [1.165, 1.54) is 29.5 Å². The molecule has 1 heterocycles. The van der Waals surface area contributed by atoms with E-state index in [0.29, 0.717) is 15.7 Å². The van der Waals surface area contributed by atoms with Gasteiger partial charge in [-0.3, -0.25) is 4.72 Å². The number of hydrogen-bond donors (Lipinski definition) is 2. The maximum atomic E-state index is 12.3. The molecule has 0 fully saturated rings. The van der Waals surface area contributed by atoms with Gasteiger partial charge >= 0.3 is 0 Å². The number of aromatic nitrogens is 1. The van der Waals surface area contributed by atoms with Crippen LogP contribution in [0.2, 0.25) is 5.02 Å². The quantitative estimate of drug-likeness (QED) is 0.902. The monoisotopic (exact) mass is 331 g/mol. The number of thiazole rings is 1. The largest absolute Gasteiger partial charge is 0.326 e. The molecule has 0 radical (unpaired) electrons. The van der Waals surface area contributed by atoms with Gasteiger partial charge < -0.3 is 5.73 Å². The van der Waals surface area contributed by atoms with Gasteiger partial charge in [0.2, 0.25) is 0 Å². The third kappa shape index (κ3) is 3.12. The number of anilines is 1. The van der Waals surface area contributed by atoms with Crippen LogP contribution in [0.25, 0.3) is 0 Å². The molecule has 0 atom stereocenters. The van der Waals surface area contributed by atoms with Gasteiger partial charge in [-0.1, -0.05) is 11.6 Å². The average Bonchev–Trinajstić information content (AvgIpc) is 2.67. The molecule has 0 saturated heterocycles. The van der Waals surface area contributed by atoms with E-state index >= 15 is 0 Å². The number of aryl methyl sites for hydroxylation is 2. The molecule has 2 aromatic rings. The lowest BCUT2D eigenvalue weighted by molar-refractivity contribution is 0.601. The van der Waals surface area contributed by atoms with Crippen molar-refractivity contribution in [2.45, 2.75) is 25.3 Å². The highest BCUT2D eigenvalue weighted by atomic mass is 35.5. The third-order valence-electron chi connectivity index (χ3n) is 2.80. The average molecular weight is 332 g/mol. The highest BCUT2D eigenvalue weighted by molar-refractivity contribution is 7.93. The summed E-state index contributed by atoms with van der Waals surface area (Å²) >= 11 is 7.22. The lowest BCUT2D eigenvalue weighted by atomic mass is 10.2. The number of nitrogens with one attached hydrogen (secondary N) is 1. The number of hydrogen-bond acceptors (Lipinski definition) is 5. The van der Waals surface area contributed by atoms with Crippen molar-refractivity contribution in [3.63, 3.8) is 0 Å². The first-order chi connectivity index (χ1) is 9.33. The Kier molecular flexibility index (Phi) is 4.33. The summed E-state index contributed by atoms with van der Waals surface area (Å²) in [7, 11) is -3.68. The van der Waals surface area contributed by atoms with Crippen LogP contribution in [0.3, 0.4) is 0 Å². The van der Waals surface area contributed by atoms with Crippen LogP contribution in [0.15, 0.2) is 23.1 Å². The maximum absolute atomic E-state index is 12.3. The fraction of sp³-hybridized carbons (Fsp3) is 0.250. The van der Waals surface area contributed by atoms with E-state index in [-0.39, 0.29) is 11.4 Å². The molecular formula is C12H14ClN3O2S2. The first-order valence-corrected chi connectivity index (χ1v) is 8.46. The molecular weight excluding hydrogens is 318 g/mol. The van der Waals surface area contributed by atoms with E-state index in [9.17, 15) is 8.42 Å². The molecule has 3 N–H and O–H groups in total. The van der Waals surface area contributed by atoms with E-state index in [4.69, 9.17) is 17.3 Å². The van der Waals surface area contributed by atoms with Crippen LogP contribution in [0.5, 0.6) is 0 Å². The van der Waals surface area contributed by atoms with Crippen molar-refractivity contribution in [1.82, 2.24) is 4.98 Å². The molecule has 0 aliphatic carbocycles. The summed E-state index contributed by atoms with van der Waals surface area (Å²) in [6.07, 6.45) is 0. The Labute approximate surface area is 126 Å². The van der Waals surface area contributed by atoms with Gasteiger partial charge in [0.15, 0.2) is 5.13 Å². The number of nitrogens with two attached hydrogens (primary N) is 1. The Hall–Kier alpha value is -1.15. The Bertz CT molecular complexity index is 722. The molecule has 0 aliphatic heterocycles. The van der Waals surface area contributed by atoms with Gasteiger partial charge in [0.05, 0.1) is 10.6 Å². The van der Waals surface area contributed by atoms with Crippen LogP contribution in [0.1, 0.15) is 16.1 Å². The molecule has 0 bridgehead atoms. The minimum absolute atomic E-state index is 0.118. The van der Waals surface area contributed by atoms with Gasteiger partial charge in [0.25, 0.3) is 10.0 Å². The fourth-order valence-corrected chi connectivity index (χ4v) is 3.86. The van der Waals surface area contributed by atoms with Crippen LogP contribution < -0.4 is 10.5 Å². The molecule has 108 valence electrons. The highest BCUT2D eigenvalue weighted by Gasteiger charge is 2.18. The first-order valence-electron chi connectivity index (χ1n) is 5.79. The summed E-state index contributed by atoms with van der Waals surface area (Å²) < 4.78 is 27.0. The van der Waals surface area contributed by atoms with Crippen molar-refractivity contribution in [1.29, 1.82) is 0 Å². The second-order valence-corrected chi connectivity index (χ2v) is 7.52. The lowest BCUT2D eigenvalue weighted by Gasteiger charge is -2.07. The van der Waals surface area contributed by atoms with E-state index in [1.54, 1.807) is 0 Å². The van der Waals surface area contributed by atoms with Crippen LogP contribution in [-0.4, -0.2) is 13.4 Å². The standard InChI is InChI=1S/C12H14ClN3O2S2/c1-7-8(2)19-12(15-7)16-20(17,18)10-3-4-11(13)9(5-10)6-14/h3-5H,6,14H2,1-2H3,(H,15,16). The van der Waals surface area contributed by atoms with Gasteiger partial charge in [-0.05, 0) is 37.6 Å². The fourth-order valence-electron chi connectivity index (χ4n) is 1.56. The predicted octanol–water partition coefficient (Wildman–Crippen LogP) is 2.67. The molecule has 0 amide bonds. The summed E-state index contributed by atoms with van der Waals surface area (Å²) in [6.45, 7) is 3.90. The second kappa shape index (κ2) is 5.69. The van der Waals surface area contributed by atoms with Gasteiger partial charge in [0, 0.05) is 16.4 Å². The van der Waals surface area contributed by atoms with E-state index in [2.05, 4.69) is 9.71 Å². The van der Waals surface area contributed by atoms with Crippen molar-refractivity contribution in [3.8, 4) is 0 Å². The molecule has 8 heteroatoms. The summed E-state index contributed by atoms with van der Waals surface area (Å²) in [5, 5.41) is 0.802. The van der Waals surface area contributed by atoms with Gasteiger partial charge in [-0.2, -0.15) is 0 Å². The Balaban J connectivity index is 2.35. The number of benzene rings is 1. The molecule has 20 heavy (non-hydrogen) atoms. The van der Waals surface area contributed by atoms with Crippen molar-refractivity contribution >= 4 is 38.1 Å². The Morgan fingerprint density at radius 1 is 1.40 bits per heavy atom. The van der Waals surface area contributed by atoms with Gasteiger partial charge in [0.1, 0.15) is 0 Å². The number of rotatable bonds is 4. The molecule has 1 aromatic heterocycles. The molecule has 5 nitrogen and oxygen atoms in total. The number of nitrogens with zero attached hydrogens (tertiary/aromatic N) is 1. The zero-order chi connectivity index (χ0) is 14.9. The van der Waals surface area contributed by atoms with Crippen LogP contribution in [0.4, 0.5) is 5.13 Å². The number of sulfonamides is 1. The van der Waals surface area contributed by atoms with Crippen molar-refractivity contribution in [3.05, 3.63) is 39.4 Å². The van der Waals surface area contributed by atoms with Crippen molar-refractivity contribution in [2.75, 3.05) is 4.72 Å². The Morgan fingerprint density at radius 3 is 2.65 bits per heavy atom. The minimum Gasteiger partial charge on any atom is -0.326 e. The molecule has 0 spiro atoms. The summed E-state index contributed by atoms with van der Waals surface area (Å²) in [6, 6.07) is 4.44. The summed E-state index contributed by atoms with van der Waals surface area (Å²) in [5.74, 6) is 0. The molecule has 0 saturated carbocycles. The van der Waals surface area contributed by atoms with Crippen LogP contribution >= 0.6 is 22.9 Å². The molecule has 2 rings (SSSR count). The van der Waals surface area contributed by atoms with Gasteiger partial charge in [-0.25, -0.2) is 13.4 Å². The highest BCUT2D eigenvalue weighted by Crippen LogP contribution is 2.25. The smallest absolute Gasteiger partial charge is 0.263 e. The normalized spacial score (nSPS) is 11.6. The first kappa shape index (κ1) is 15.2. The van der Waals surface area contributed by atoms with Gasteiger partial charge in [-0.15, -0.1) is 11.3 Å². The molecule has 0 aliphatic rings. The zero-order valence-corrected chi connectivity index (χ0v) is 13.4. The molecule has 0 unspecified atom stereocenters. The topological polar surface area (TPSA) is 85.1 Å². The predicted molar refractivity (Wildman–Crippen MR) is 81.7 cm³/mol. The Morgan fingerprint density at radius 2 is 2.10 bits per heavy atom. The summed E-state index contributed by atoms with van der Waals surface area (Å²) in [5.41, 5.74) is 6.92. The van der Waals surface area contributed by atoms with Crippen LogP contribution in [0, 0.1) is 13.8 Å². The maximum Gasteiger partial charge on any atom is 0.263 e. The lowest BCUT2D eigenvalue weighted by Crippen LogP contribution is -2.13. The van der Waals surface area contributed by atoms with E-state index in [1.807, 2.05) is 13.8 Å². The number of halogens is 1. The van der Waals surface area contributed by atoms with Crippen LogP contribution in [-0.2, 0) is 16.6 Å².